The highest BCUT2D eigenvalue weighted by Crippen LogP contribution is 2.14. The number of carbonyl (C=O) groups is 3. The van der Waals surface area contributed by atoms with Gasteiger partial charge in [0.2, 0.25) is 5.91 Å². The second-order valence-electron chi connectivity index (χ2n) is 6.58. The van der Waals surface area contributed by atoms with Crippen molar-refractivity contribution >= 4 is 17.6 Å². The van der Waals surface area contributed by atoms with Gasteiger partial charge in [-0.1, -0.05) is 42.5 Å². The van der Waals surface area contributed by atoms with Gasteiger partial charge in [0.1, 0.15) is 0 Å². The van der Waals surface area contributed by atoms with E-state index < -0.39 is 0 Å². The monoisotopic (exact) mass is 350 g/mol. The second kappa shape index (κ2) is 7.95. The zero-order valence-electron chi connectivity index (χ0n) is 14.8. The molecule has 0 radical (unpaired) electrons. The molecule has 134 valence electrons. The van der Waals surface area contributed by atoms with Crippen molar-refractivity contribution in [2.45, 2.75) is 25.8 Å². The Morgan fingerprint density at radius 3 is 2.35 bits per heavy atom. The molecule has 0 bridgehead atoms. The van der Waals surface area contributed by atoms with Crippen LogP contribution in [0.15, 0.2) is 54.6 Å². The smallest absolute Gasteiger partial charge is 0.251 e. The second-order valence-corrected chi connectivity index (χ2v) is 6.58. The molecule has 2 amide bonds. The predicted octanol–water partition coefficient (Wildman–Crippen LogP) is 2.46. The lowest BCUT2D eigenvalue weighted by Gasteiger charge is -2.17. The summed E-state index contributed by atoms with van der Waals surface area (Å²) in [5, 5.41) is 2.92. The highest BCUT2D eigenvalue weighted by molar-refractivity contribution is 5.98. The fourth-order valence-electron chi connectivity index (χ4n) is 3.12. The molecule has 0 spiro atoms. The van der Waals surface area contributed by atoms with Crippen LogP contribution in [0.25, 0.3) is 0 Å². The lowest BCUT2D eigenvalue weighted by Crippen LogP contribution is -2.37. The normalized spacial score (nSPS) is 16.6. The first-order valence-electron chi connectivity index (χ1n) is 8.76. The van der Waals surface area contributed by atoms with Crippen LogP contribution in [0.3, 0.4) is 0 Å². The summed E-state index contributed by atoms with van der Waals surface area (Å²) in [5.41, 5.74) is 2.26. The Hall–Kier alpha value is -2.95. The van der Waals surface area contributed by atoms with Crippen molar-refractivity contribution < 1.29 is 14.4 Å². The zero-order chi connectivity index (χ0) is 18.5. The maximum atomic E-state index is 12.3. The average molecular weight is 350 g/mol. The van der Waals surface area contributed by atoms with E-state index in [-0.39, 0.29) is 23.6 Å². The number of ketones is 1. The standard InChI is InChI=1S/C21H22N2O3/c1-15(24)17-7-9-18(10-8-17)21(26)22-19-13-20(25)23(14-19)12-11-16-5-3-2-4-6-16/h2-10,19H,11-14H2,1H3,(H,22,26). The predicted molar refractivity (Wildman–Crippen MR) is 99.0 cm³/mol. The Labute approximate surface area is 153 Å². The van der Waals surface area contributed by atoms with E-state index >= 15 is 0 Å². The van der Waals surface area contributed by atoms with Crippen molar-refractivity contribution in [1.82, 2.24) is 10.2 Å². The van der Waals surface area contributed by atoms with Crippen LogP contribution < -0.4 is 5.32 Å². The number of amides is 2. The maximum Gasteiger partial charge on any atom is 0.251 e. The van der Waals surface area contributed by atoms with Gasteiger partial charge in [0.05, 0.1) is 6.04 Å². The molecule has 0 saturated carbocycles. The Bertz CT molecular complexity index is 800. The summed E-state index contributed by atoms with van der Waals surface area (Å²) < 4.78 is 0. The fourth-order valence-corrected chi connectivity index (χ4v) is 3.12. The highest BCUT2D eigenvalue weighted by atomic mass is 16.2. The topological polar surface area (TPSA) is 66.5 Å². The molecule has 2 aromatic rings. The largest absolute Gasteiger partial charge is 0.347 e. The lowest BCUT2D eigenvalue weighted by atomic mass is 10.1. The summed E-state index contributed by atoms with van der Waals surface area (Å²) in [6.07, 6.45) is 1.13. The quantitative estimate of drug-likeness (QED) is 0.814. The van der Waals surface area contributed by atoms with Gasteiger partial charge in [-0.2, -0.15) is 0 Å². The van der Waals surface area contributed by atoms with E-state index in [1.165, 1.54) is 12.5 Å². The number of rotatable bonds is 6. The molecule has 0 aliphatic carbocycles. The molecule has 5 heteroatoms. The molecule has 1 heterocycles. The summed E-state index contributed by atoms with van der Waals surface area (Å²) in [6.45, 7) is 2.68. The third-order valence-electron chi connectivity index (χ3n) is 4.62. The first-order valence-corrected chi connectivity index (χ1v) is 8.76. The van der Waals surface area contributed by atoms with Crippen LogP contribution in [-0.4, -0.2) is 41.6 Å². The molecule has 1 saturated heterocycles. The van der Waals surface area contributed by atoms with Gasteiger partial charge in [-0.3, -0.25) is 14.4 Å². The van der Waals surface area contributed by atoms with Crippen molar-refractivity contribution in [2.24, 2.45) is 0 Å². The Balaban J connectivity index is 1.53. The molecule has 2 aromatic carbocycles. The lowest BCUT2D eigenvalue weighted by molar-refractivity contribution is -0.127. The highest BCUT2D eigenvalue weighted by Gasteiger charge is 2.30. The Kier molecular flexibility index (Phi) is 5.46. The molecule has 0 aromatic heterocycles. The number of benzene rings is 2. The Morgan fingerprint density at radius 1 is 1.04 bits per heavy atom. The van der Waals surface area contributed by atoms with E-state index in [1.807, 2.05) is 30.3 Å². The number of hydrogen-bond donors (Lipinski definition) is 1. The molecular weight excluding hydrogens is 328 g/mol. The van der Waals surface area contributed by atoms with Gasteiger partial charge in [0, 0.05) is 30.6 Å². The van der Waals surface area contributed by atoms with Crippen molar-refractivity contribution in [3.8, 4) is 0 Å². The van der Waals surface area contributed by atoms with Crippen LogP contribution >= 0.6 is 0 Å². The van der Waals surface area contributed by atoms with Gasteiger partial charge in [-0.05, 0) is 31.0 Å². The molecule has 1 fully saturated rings. The van der Waals surface area contributed by atoms with Gasteiger partial charge in [0.15, 0.2) is 5.78 Å². The van der Waals surface area contributed by atoms with E-state index in [4.69, 9.17) is 0 Å². The number of Topliss-reactive ketones (excluding diaryl/α,β-unsaturated/α-hetero) is 1. The zero-order valence-corrected chi connectivity index (χ0v) is 14.8. The summed E-state index contributed by atoms with van der Waals surface area (Å²) in [6, 6.07) is 16.4. The minimum absolute atomic E-state index is 0.0348. The van der Waals surface area contributed by atoms with Gasteiger partial charge < -0.3 is 10.2 Å². The van der Waals surface area contributed by atoms with Crippen molar-refractivity contribution in [3.05, 3.63) is 71.3 Å². The molecule has 26 heavy (non-hydrogen) atoms. The minimum atomic E-state index is -0.220. The molecule has 1 aliphatic rings. The summed E-state index contributed by atoms with van der Waals surface area (Å²) in [7, 11) is 0. The maximum absolute atomic E-state index is 12.3. The summed E-state index contributed by atoms with van der Waals surface area (Å²) in [5.74, 6) is -0.187. The van der Waals surface area contributed by atoms with Crippen LogP contribution in [0.5, 0.6) is 0 Å². The van der Waals surface area contributed by atoms with Gasteiger partial charge in [-0.25, -0.2) is 0 Å². The van der Waals surface area contributed by atoms with Gasteiger partial charge in [0.25, 0.3) is 5.91 Å². The number of nitrogens with zero attached hydrogens (tertiary/aromatic N) is 1. The number of likely N-dealkylation sites (tertiary alicyclic amines) is 1. The first-order chi connectivity index (χ1) is 12.5. The molecule has 1 N–H and O–H groups in total. The fraction of sp³-hybridized carbons (Fsp3) is 0.286. The molecule has 1 aliphatic heterocycles. The third-order valence-corrected chi connectivity index (χ3v) is 4.62. The first kappa shape index (κ1) is 17.9. The molecule has 1 unspecified atom stereocenters. The summed E-state index contributed by atoms with van der Waals surface area (Å²) in [4.78, 5) is 37.6. The number of carbonyl (C=O) groups excluding carboxylic acids is 3. The van der Waals surface area contributed by atoms with E-state index in [9.17, 15) is 14.4 Å². The number of nitrogens with one attached hydrogen (secondary N) is 1. The van der Waals surface area contributed by atoms with E-state index in [2.05, 4.69) is 5.32 Å². The van der Waals surface area contributed by atoms with Crippen LogP contribution in [0.4, 0.5) is 0 Å². The van der Waals surface area contributed by atoms with E-state index in [0.717, 1.165) is 6.42 Å². The third kappa shape index (κ3) is 4.36. The average Bonchev–Trinajstić information content (AvgIpc) is 3.00. The number of hydrogen-bond acceptors (Lipinski definition) is 3. The molecule has 5 nitrogen and oxygen atoms in total. The minimum Gasteiger partial charge on any atom is -0.347 e. The summed E-state index contributed by atoms with van der Waals surface area (Å²) >= 11 is 0. The van der Waals surface area contributed by atoms with Crippen molar-refractivity contribution in [3.63, 3.8) is 0 Å². The molecule has 1 atom stereocenters. The van der Waals surface area contributed by atoms with Crippen LogP contribution in [0.2, 0.25) is 0 Å². The van der Waals surface area contributed by atoms with Gasteiger partial charge in [-0.15, -0.1) is 0 Å². The molecular formula is C21H22N2O3. The van der Waals surface area contributed by atoms with E-state index in [0.29, 0.717) is 30.6 Å². The van der Waals surface area contributed by atoms with Crippen LogP contribution in [0.1, 0.15) is 39.6 Å². The van der Waals surface area contributed by atoms with Crippen LogP contribution in [0, 0.1) is 0 Å². The van der Waals surface area contributed by atoms with Crippen LogP contribution in [-0.2, 0) is 11.2 Å². The SMILES string of the molecule is CC(=O)c1ccc(C(=O)NC2CC(=O)N(CCc3ccccc3)C2)cc1. The molecule has 3 rings (SSSR count). The van der Waals surface area contributed by atoms with Gasteiger partial charge >= 0.3 is 0 Å². The van der Waals surface area contributed by atoms with E-state index in [1.54, 1.807) is 29.2 Å². The van der Waals surface area contributed by atoms with Crippen molar-refractivity contribution in [2.75, 3.05) is 13.1 Å². The van der Waals surface area contributed by atoms with Crippen molar-refractivity contribution in [1.29, 1.82) is 0 Å². The Morgan fingerprint density at radius 2 is 1.69 bits per heavy atom.